The Hall–Kier alpha value is -1.77. The van der Waals surface area contributed by atoms with E-state index in [0.717, 1.165) is 46.4 Å². The molecule has 0 unspecified atom stereocenters. The van der Waals surface area contributed by atoms with Gasteiger partial charge in [-0.2, -0.15) is 0 Å². The van der Waals surface area contributed by atoms with Crippen LogP contribution in [0.4, 0.5) is 5.82 Å². The van der Waals surface area contributed by atoms with Crippen LogP contribution >= 0.6 is 11.3 Å². The SMILES string of the molecule is Cc1sc2nc(CN3CCC(C)CC3)nc(N3C[C@@H](O)C[C@@H]3C(N)=O)c2c1C. The second kappa shape index (κ2) is 7.57. The van der Waals surface area contributed by atoms with Gasteiger partial charge in [-0.1, -0.05) is 6.92 Å². The number of piperidine rings is 1. The average molecular weight is 404 g/mol. The van der Waals surface area contributed by atoms with Crippen LogP contribution in [-0.4, -0.2) is 57.7 Å². The number of fused-ring (bicyclic) bond motifs is 1. The highest BCUT2D eigenvalue weighted by Crippen LogP contribution is 2.37. The fourth-order valence-electron chi connectivity index (χ4n) is 4.29. The number of carbonyl (C=O) groups is 1. The summed E-state index contributed by atoms with van der Waals surface area (Å²) in [5, 5.41) is 11.2. The lowest BCUT2D eigenvalue weighted by Gasteiger charge is -2.30. The summed E-state index contributed by atoms with van der Waals surface area (Å²) in [6.45, 7) is 9.66. The summed E-state index contributed by atoms with van der Waals surface area (Å²) in [5.41, 5.74) is 6.77. The molecule has 152 valence electrons. The molecule has 0 saturated carbocycles. The van der Waals surface area contributed by atoms with E-state index in [1.165, 1.54) is 17.7 Å². The van der Waals surface area contributed by atoms with Crippen LogP contribution in [0.1, 0.15) is 42.5 Å². The lowest BCUT2D eigenvalue weighted by atomic mass is 9.99. The first-order valence-electron chi connectivity index (χ1n) is 10.1. The number of carbonyl (C=O) groups excluding carboxylic acids is 1. The third-order valence-corrected chi connectivity index (χ3v) is 7.28. The molecule has 2 aromatic rings. The lowest BCUT2D eigenvalue weighted by molar-refractivity contribution is -0.119. The Kier molecular flexibility index (Phi) is 5.28. The molecule has 2 fully saturated rings. The largest absolute Gasteiger partial charge is 0.391 e. The first kappa shape index (κ1) is 19.5. The molecule has 0 aromatic carbocycles. The fraction of sp³-hybridized carbons (Fsp3) is 0.650. The van der Waals surface area contributed by atoms with Gasteiger partial charge in [0.25, 0.3) is 0 Å². The molecule has 2 saturated heterocycles. The Morgan fingerprint density at radius 3 is 2.68 bits per heavy atom. The Labute approximate surface area is 169 Å². The van der Waals surface area contributed by atoms with Gasteiger partial charge < -0.3 is 15.7 Å². The van der Waals surface area contributed by atoms with Gasteiger partial charge in [-0.05, 0) is 51.3 Å². The molecule has 4 heterocycles. The minimum Gasteiger partial charge on any atom is -0.391 e. The monoisotopic (exact) mass is 403 g/mol. The van der Waals surface area contributed by atoms with Gasteiger partial charge in [0.1, 0.15) is 22.5 Å². The molecule has 0 aliphatic carbocycles. The number of rotatable bonds is 4. The van der Waals surface area contributed by atoms with E-state index in [1.54, 1.807) is 11.3 Å². The number of aliphatic hydroxyl groups is 1. The average Bonchev–Trinajstić information content (AvgIpc) is 3.17. The van der Waals surface area contributed by atoms with E-state index in [-0.39, 0.29) is 0 Å². The zero-order valence-electron chi connectivity index (χ0n) is 16.8. The van der Waals surface area contributed by atoms with Crippen LogP contribution in [-0.2, 0) is 11.3 Å². The maximum atomic E-state index is 12.0. The van der Waals surface area contributed by atoms with Gasteiger partial charge in [0.15, 0.2) is 0 Å². The van der Waals surface area contributed by atoms with E-state index in [9.17, 15) is 9.90 Å². The molecule has 2 aliphatic heterocycles. The molecule has 2 atom stereocenters. The quantitative estimate of drug-likeness (QED) is 0.810. The van der Waals surface area contributed by atoms with E-state index < -0.39 is 18.1 Å². The molecule has 1 amide bonds. The molecule has 4 rings (SSSR count). The summed E-state index contributed by atoms with van der Waals surface area (Å²) in [7, 11) is 0. The number of nitrogens with two attached hydrogens (primary N) is 1. The first-order chi connectivity index (χ1) is 13.3. The Bertz CT molecular complexity index is 890. The molecule has 7 nitrogen and oxygen atoms in total. The third kappa shape index (κ3) is 3.60. The number of β-amino-alcohol motifs (C(OH)–C–C–N with tert-alkyl or cyclic N) is 1. The Morgan fingerprint density at radius 1 is 1.29 bits per heavy atom. The van der Waals surface area contributed by atoms with Crippen molar-refractivity contribution in [2.45, 2.75) is 58.7 Å². The van der Waals surface area contributed by atoms with Gasteiger partial charge in [-0.15, -0.1) is 11.3 Å². The number of hydrogen-bond acceptors (Lipinski definition) is 7. The number of hydrogen-bond donors (Lipinski definition) is 2. The molecule has 0 radical (unpaired) electrons. The fourth-order valence-corrected chi connectivity index (χ4v) is 5.33. The summed E-state index contributed by atoms with van der Waals surface area (Å²) < 4.78 is 0. The van der Waals surface area contributed by atoms with E-state index in [4.69, 9.17) is 15.7 Å². The smallest absolute Gasteiger partial charge is 0.240 e. The number of anilines is 1. The van der Waals surface area contributed by atoms with E-state index in [1.807, 2.05) is 4.90 Å². The number of aromatic nitrogens is 2. The van der Waals surface area contributed by atoms with Gasteiger partial charge in [0.05, 0.1) is 18.0 Å². The highest BCUT2D eigenvalue weighted by molar-refractivity contribution is 7.18. The molecule has 2 aromatic heterocycles. The zero-order chi connectivity index (χ0) is 20.0. The second-order valence-electron chi connectivity index (χ2n) is 8.35. The van der Waals surface area contributed by atoms with Crippen LogP contribution in [0, 0.1) is 19.8 Å². The number of aliphatic hydroxyl groups excluding tert-OH is 1. The molecule has 8 heteroatoms. The van der Waals surface area contributed by atoms with Crippen molar-refractivity contribution in [1.29, 1.82) is 0 Å². The summed E-state index contributed by atoms with van der Waals surface area (Å²) in [5.74, 6) is 1.88. The molecular formula is C20H29N5O2S. The van der Waals surface area contributed by atoms with Crippen molar-refractivity contribution < 1.29 is 9.90 Å². The molecular weight excluding hydrogens is 374 g/mol. The predicted octanol–water partition coefficient (Wildman–Crippen LogP) is 1.96. The second-order valence-corrected chi connectivity index (χ2v) is 9.55. The maximum Gasteiger partial charge on any atom is 0.240 e. The molecule has 0 spiro atoms. The first-order valence-corrected chi connectivity index (χ1v) is 10.9. The van der Waals surface area contributed by atoms with E-state index >= 15 is 0 Å². The highest BCUT2D eigenvalue weighted by atomic mass is 32.1. The minimum atomic E-state index is -0.574. The van der Waals surface area contributed by atoms with Crippen molar-refractivity contribution in [1.82, 2.24) is 14.9 Å². The Morgan fingerprint density at radius 2 is 2.00 bits per heavy atom. The number of primary amides is 1. The topological polar surface area (TPSA) is 95.6 Å². The Balaban J connectivity index is 1.74. The van der Waals surface area contributed by atoms with Crippen LogP contribution in [0.5, 0.6) is 0 Å². The molecule has 0 bridgehead atoms. The van der Waals surface area contributed by atoms with E-state index in [2.05, 4.69) is 25.7 Å². The van der Waals surface area contributed by atoms with Gasteiger partial charge >= 0.3 is 0 Å². The molecule has 3 N–H and O–H groups in total. The maximum absolute atomic E-state index is 12.0. The van der Waals surface area contributed by atoms with Crippen molar-refractivity contribution >= 4 is 33.3 Å². The minimum absolute atomic E-state index is 0.350. The number of aryl methyl sites for hydroxylation is 2. The lowest BCUT2D eigenvalue weighted by Crippen LogP contribution is -2.41. The number of likely N-dealkylation sites (tertiary alicyclic amines) is 1. The van der Waals surface area contributed by atoms with Crippen LogP contribution in [0.25, 0.3) is 10.2 Å². The summed E-state index contributed by atoms with van der Waals surface area (Å²) in [6.07, 6.45) is 2.18. The predicted molar refractivity (Wildman–Crippen MR) is 112 cm³/mol. The zero-order valence-corrected chi connectivity index (χ0v) is 17.6. The van der Waals surface area contributed by atoms with Gasteiger partial charge in [0, 0.05) is 17.8 Å². The summed E-state index contributed by atoms with van der Waals surface area (Å²) >= 11 is 1.66. The van der Waals surface area contributed by atoms with Crippen molar-refractivity contribution in [2.75, 3.05) is 24.5 Å². The van der Waals surface area contributed by atoms with Crippen molar-refractivity contribution in [2.24, 2.45) is 11.7 Å². The number of nitrogens with zero attached hydrogens (tertiary/aromatic N) is 4. The molecule has 28 heavy (non-hydrogen) atoms. The summed E-state index contributed by atoms with van der Waals surface area (Å²) in [4.78, 5) is 28.2. The standard InChI is InChI=1S/C20H29N5O2S/c1-11-4-6-24(7-5-11)10-16-22-19(17-12(2)13(3)28-20(17)23-16)25-9-14(26)8-15(25)18(21)27/h11,14-15,26H,4-10H2,1-3H3,(H2,21,27)/t14-,15+/m0/s1. The van der Waals surface area contributed by atoms with Crippen LogP contribution in [0.2, 0.25) is 0 Å². The third-order valence-electron chi connectivity index (χ3n) is 6.18. The van der Waals surface area contributed by atoms with Crippen LogP contribution in [0.3, 0.4) is 0 Å². The van der Waals surface area contributed by atoms with Crippen molar-refractivity contribution in [3.63, 3.8) is 0 Å². The van der Waals surface area contributed by atoms with Crippen molar-refractivity contribution in [3.05, 3.63) is 16.3 Å². The van der Waals surface area contributed by atoms with Gasteiger partial charge in [0.2, 0.25) is 5.91 Å². The number of amides is 1. The summed E-state index contributed by atoms with van der Waals surface area (Å²) in [6, 6.07) is -0.531. The van der Waals surface area contributed by atoms with E-state index in [0.29, 0.717) is 19.5 Å². The highest BCUT2D eigenvalue weighted by Gasteiger charge is 2.37. The molecule has 2 aliphatic rings. The number of thiophene rings is 1. The van der Waals surface area contributed by atoms with Crippen molar-refractivity contribution in [3.8, 4) is 0 Å². The van der Waals surface area contributed by atoms with Gasteiger partial charge in [-0.25, -0.2) is 9.97 Å². The van der Waals surface area contributed by atoms with Crippen LogP contribution in [0.15, 0.2) is 0 Å². The normalized spacial score (nSPS) is 24.4. The van der Waals surface area contributed by atoms with Crippen LogP contribution < -0.4 is 10.6 Å². The van der Waals surface area contributed by atoms with Gasteiger partial charge in [-0.3, -0.25) is 9.69 Å².